The SMILES string of the molecule is Cc1ccc(-c2nc(C(=O)OCC(=O)Nc3ccc(C)cc3Br)cs2)cc1. The molecular formula is C20H17BrN2O3S. The molecular weight excluding hydrogens is 428 g/mol. The Morgan fingerprint density at radius 1 is 1.11 bits per heavy atom. The Labute approximate surface area is 169 Å². The van der Waals surface area contributed by atoms with Gasteiger partial charge in [-0.15, -0.1) is 11.3 Å². The zero-order valence-electron chi connectivity index (χ0n) is 14.8. The third-order valence-electron chi connectivity index (χ3n) is 3.74. The number of thiazole rings is 1. The van der Waals surface area contributed by atoms with Crippen LogP contribution < -0.4 is 5.32 Å². The third-order valence-corrected chi connectivity index (χ3v) is 5.29. The molecule has 0 aliphatic rings. The van der Waals surface area contributed by atoms with Crippen molar-refractivity contribution in [2.45, 2.75) is 13.8 Å². The monoisotopic (exact) mass is 444 g/mol. The summed E-state index contributed by atoms with van der Waals surface area (Å²) in [5.41, 5.74) is 3.98. The Morgan fingerprint density at radius 2 is 1.81 bits per heavy atom. The van der Waals surface area contributed by atoms with Crippen molar-refractivity contribution in [3.63, 3.8) is 0 Å². The lowest BCUT2D eigenvalue weighted by molar-refractivity contribution is -0.119. The number of benzene rings is 2. The van der Waals surface area contributed by atoms with Crippen molar-refractivity contribution in [1.82, 2.24) is 4.98 Å². The van der Waals surface area contributed by atoms with Crippen LogP contribution in [0, 0.1) is 13.8 Å². The number of halogens is 1. The fraction of sp³-hybridized carbons (Fsp3) is 0.150. The number of esters is 1. The van der Waals surface area contributed by atoms with Crippen molar-refractivity contribution in [3.05, 3.63) is 69.1 Å². The normalized spacial score (nSPS) is 10.5. The second-order valence-corrected chi connectivity index (χ2v) is 7.72. The van der Waals surface area contributed by atoms with Gasteiger partial charge in [-0.3, -0.25) is 4.79 Å². The van der Waals surface area contributed by atoms with E-state index < -0.39 is 11.9 Å². The number of carbonyl (C=O) groups excluding carboxylic acids is 2. The highest BCUT2D eigenvalue weighted by molar-refractivity contribution is 9.10. The molecule has 3 aromatic rings. The van der Waals surface area contributed by atoms with Crippen LogP contribution in [0.5, 0.6) is 0 Å². The summed E-state index contributed by atoms with van der Waals surface area (Å²) in [6.45, 7) is 3.59. The number of aryl methyl sites for hydroxylation is 2. The molecule has 0 bridgehead atoms. The van der Waals surface area contributed by atoms with E-state index in [-0.39, 0.29) is 12.3 Å². The average molecular weight is 445 g/mol. The van der Waals surface area contributed by atoms with Gasteiger partial charge in [0.25, 0.3) is 5.91 Å². The lowest BCUT2D eigenvalue weighted by atomic mass is 10.2. The van der Waals surface area contributed by atoms with Crippen LogP contribution in [0.25, 0.3) is 10.6 Å². The minimum Gasteiger partial charge on any atom is -0.451 e. The number of aromatic nitrogens is 1. The fourth-order valence-electron chi connectivity index (χ4n) is 2.31. The molecule has 3 rings (SSSR count). The summed E-state index contributed by atoms with van der Waals surface area (Å²) in [6, 6.07) is 13.4. The molecule has 7 heteroatoms. The van der Waals surface area contributed by atoms with Crippen LogP contribution in [0.15, 0.2) is 52.3 Å². The highest BCUT2D eigenvalue weighted by atomic mass is 79.9. The molecule has 0 unspecified atom stereocenters. The second kappa shape index (κ2) is 8.45. The van der Waals surface area contributed by atoms with Crippen molar-refractivity contribution >= 4 is 44.8 Å². The van der Waals surface area contributed by atoms with Crippen LogP contribution in [0.3, 0.4) is 0 Å². The Hall–Kier alpha value is -2.51. The van der Waals surface area contributed by atoms with E-state index >= 15 is 0 Å². The molecule has 1 heterocycles. The van der Waals surface area contributed by atoms with Gasteiger partial charge in [0.15, 0.2) is 12.3 Å². The van der Waals surface area contributed by atoms with Crippen molar-refractivity contribution in [1.29, 1.82) is 0 Å². The van der Waals surface area contributed by atoms with Gasteiger partial charge < -0.3 is 10.1 Å². The average Bonchev–Trinajstić information content (AvgIpc) is 3.13. The number of anilines is 1. The molecule has 1 amide bonds. The summed E-state index contributed by atoms with van der Waals surface area (Å²) in [5.74, 6) is -1.04. The van der Waals surface area contributed by atoms with Crippen molar-refractivity contribution < 1.29 is 14.3 Å². The van der Waals surface area contributed by atoms with Gasteiger partial charge in [0.05, 0.1) is 5.69 Å². The third kappa shape index (κ3) is 5.02. The number of hydrogen-bond acceptors (Lipinski definition) is 5. The quantitative estimate of drug-likeness (QED) is 0.563. The Bertz CT molecular complexity index is 983. The topological polar surface area (TPSA) is 68.3 Å². The first-order chi connectivity index (χ1) is 12.9. The number of ether oxygens (including phenoxy) is 1. The molecule has 27 heavy (non-hydrogen) atoms. The summed E-state index contributed by atoms with van der Waals surface area (Å²) >= 11 is 4.75. The van der Waals surface area contributed by atoms with Crippen LogP contribution in [-0.2, 0) is 9.53 Å². The first kappa shape index (κ1) is 19.3. The van der Waals surface area contributed by atoms with Gasteiger partial charge in [-0.2, -0.15) is 0 Å². The molecule has 0 radical (unpaired) electrons. The molecule has 0 aliphatic carbocycles. The van der Waals surface area contributed by atoms with E-state index in [2.05, 4.69) is 26.2 Å². The molecule has 0 fully saturated rings. The van der Waals surface area contributed by atoms with Crippen LogP contribution >= 0.6 is 27.3 Å². The number of amides is 1. The van der Waals surface area contributed by atoms with E-state index in [9.17, 15) is 9.59 Å². The lowest BCUT2D eigenvalue weighted by Crippen LogP contribution is -2.21. The summed E-state index contributed by atoms with van der Waals surface area (Å²) in [5, 5.41) is 5.06. The maximum atomic E-state index is 12.1. The van der Waals surface area contributed by atoms with Gasteiger partial charge in [0.2, 0.25) is 0 Å². The maximum absolute atomic E-state index is 12.1. The zero-order valence-corrected chi connectivity index (χ0v) is 17.2. The van der Waals surface area contributed by atoms with E-state index in [1.807, 2.05) is 50.2 Å². The fourth-order valence-corrected chi connectivity index (χ4v) is 3.70. The smallest absolute Gasteiger partial charge is 0.358 e. The largest absolute Gasteiger partial charge is 0.451 e. The van der Waals surface area contributed by atoms with Crippen molar-refractivity contribution in [3.8, 4) is 10.6 Å². The zero-order chi connectivity index (χ0) is 19.4. The Morgan fingerprint density at radius 3 is 2.52 bits per heavy atom. The second-order valence-electron chi connectivity index (χ2n) is 6.01. The Balaban J connectivity index is 1.57. The van der Waals surface area contributed by atoms with Gasteiger partial charge in [0, 0.05) is 15.4 Å². The number of nitrogens with zero attached hydrogens (tertiary/aromatic N) is 1. The molecule has 1 N–H and O–H groups in total. The Kier molecular flexibility index (Phi) is 6.03. The van der Waals surface area contributed by atoms with E-state index in [4.69, 9.17) is 4.74 Å². The summed E-state index contributed by atoms with van der Waals surface area (Å²) in [7, 11) is 0. The summed E-state index contributed by atoms with van der Waals surface area (Å²) < 4.78 is 5.84. The number of nitrogens with one attached hydrogen (secondary N) is 1. The minimum absolute atomic E-state index is 0.194. The maximum Gasteiger partial charge on any atom is 0.358 e. The van der Waals surface area contributed by atoms with Gasteiger partial charge >= 0.3 is 5.97 Å². The first-order valence-electron chi connectivity index (χ1n) is 8.18. The van der Waals surface area contributed by atoms with E-state index in [0.29, 0.717) is 5.69 Å². The van der Waals surface area contributed by atoms with Gasteiger partial charge in [0.1, 0.15) is 5.01 Å². The molecule has 0 saturated heterocycles. The van der Waals surface area contributed by atoms with E-state index in [1.165, 1.54) is 11.3 Å². The number of hydrogen-bond donors (Lipinski definition) is 1. The van der Waals surface area contributed by atoms with Crippen LogP contribution in [0.2, 0.25) is 0 Å². The standard InChI is InChI=1S/C20H17BrN2O3S/c1-12-3-6-14(7-4-12)19-23-17(11-27-19)20(25)26-10-18(24)22-16-8-5-13(2)9-15(16)21/h3-9,11H,10H2,1-2H3,(H,22,24). The molecule has 0 saturated carbocycles. The summed E-state index contributed by atoms with van der Waals surface area (Å²) in [6.07, 6.45) is 0. The van der Waals surface area contributed by atoms with E-state index in [1.54, 1.807) is 11.4 Å². The first-order valence-corrected chi connectivity index (χ1v) is 9.85. The molecule has 0 spiro atoms. The lowest BCUT2D eigenvalue weighted by Gasteiger charge is -2.08. The minimum atomic E-state index is -0.622. The van der Waals surface area contributed by atoms with Crippen LogP contribution in [0.1, 0.15) is 21.6 Å². The predicted molar refractivity (Wildman–Crippen MR) is 110 cm³/mol. The predicted octanol–water partition coefficient (Wildman–Crippen LogP) is 4.98. The molecule has 0 aliphatic heterocycles. The number of rotatable bonds is 5. The van der Waals surface area contributed by atoms with E-state index in [0.717, 1.165) is 26.2 Å². The number of carbonyl (C=O) groups is 2. The molecule has 138 valence electrons. The van der Waals surface area contributed by atoms with Gasteiger partial charge in [-0.05, 0) is 47.5 Å². The van der Waals surface area contributed by atoms with Gasteiger partial charge in [-0.25, -0.2) is 9.78 Å². The van der Waals surface area contributed by atoms with Crippen molar-refractivity contribution in [2.24, 2.45) is 0 Å². The molecule has 1 aromatic heterocycles. The van der Waals surface area contributed by atoms with Crippen LogP contribution in [-0.4, -0.2) is 23.5 Å². The van der Waals surface area contributed by atoms with Crippen molar-refractivity contribution in [2.75, 3.05) is 11.9 Å². The highest BCUT2D eigenvalue weighted by Gasteiger charge is 2.15. The molecule has 2 aromatic carbocycles. The van der Waals surface area contributed by atoms with Gasteiger partial charge in [-0.1, -0.05) is 35.9 Å². The highest BCUT2D eigenvalue weighted by Crippen LogP contribution is 2.25. The molecule has 0 atom stereocenters. The van der Waals surface area contributed by atoms with Crippen LogP contribution in [0.4, 0.5) is 5.69 Å². The molecule has 5 nitrogen and oxygen atoms in total. The summed E-state index contributed by atoms with van der Waals surface area (Å²) in [4.78, 5) is 28.5.